The van der Waals surface area contributed by atoms with Gasteiger partial charge in [0.1, 0.15) is 5.75 Å². The van der Waals surface area contributed by atoms with E-state index in [1.165, 1.54) is 29.7 Å². The fourth-order valence-corrected chi connectivity index (χ4v) is 3.64. The molecule has 0 aliphatic heterocycles. The third kappa shape index (κ3) is 5.10. The lowest BCUT2D eigenvalue weighted by Crippen LogP contribution is -2.16. The van der Waals surface area contributed by atoms with E-state index in [0.717, 1.165) is 11.1 Å². The van der Waals surface area contributed by atoms with Gasteiger partial charge < -0.3 is 4.74 Å². The summed E-state index contributed by atoms with van der Waals surface area (Å²) in [5.41, 5.74) is 3.15. The summed E-state index contributed by atoms with van der Waals surface area (Å²) in [7, 11) is 0. The fourth-order valence-electron chi connectivity index (χ4n) is 2.47. The van der Waals surface area contributed by atoms with E-state index in [1.807, 2.05) is 13.8 Å². The number of halogens is 1. The number of amides is 1. The smallest absolute Gasteiger partial charge is 0.281 e. The molecule has 1 heterocycles. The van der Waals surface area contributed by atoms with Gasteiger partial charge in [-0.3, -0.25) is 14.9 Å². The van der Waals surface area contributed by atoms with Gasteiger partial charge in [0.15, 0.2) is 0 Å². The maximum Gasteiger partial charge on any atom is 0.281 e. The second kappa shape index (κ2) is 9.02. The predicted octanol–water partition coefficient (Wildman–Crippen LogP) is 5.40. The topological polar surface area (TPSA) is 93.8 Å². The molecule has 0 bridgehead atoms. The van der Waals surface area contributed by atoms with Gasteiger partial charge in [0.2, 0.25) is 0 Å². The van der Waals surface area contributed by atoms with E-state index in [-0.39, 0.29) is 11.8 Å². The molecule has 0 fully saturated rings. The van der Waals surface area contributed by atoms with Crippen molar-refractivity contribution in [2.24, 2.45) is 5.10 Å². The maximum absolute atomic E-state index is 12.3. The Bertz CT molecular complexity index is 1100. The fraction of sp³-hybridized carbons (Fsp3) is 0.200. The Kier molecular flexibility index (Phi) is 6.46. The molecular formula is C20H18ClN3O4S. The van der Waals surface area contributed by atoms with Crippen LogP contribution in [0.15, 0.2) is 47.6 Å². The number of nitrogens with zero attached hydrogens (tertiary/aromatic N) is 2. The first kappa shape index (κ1) is 20.8. The Morgan fingerprint density at radius 1 is 1.34 bits per heavy atom. The summed E-state index contributed by atoms with van der Waals surface area (Å²) in [6.07, 6.45) is 2.42. The average molecular weight is 432 g/mol. The Labute approximate surface area is 176 Å². The van der Waals surface area contributed by atoms with Gasteiger partial charge >= 0.3 is 0 Å². The molecule has 0 saturated heterocycles. The zero-order chi connectivity index (χ0) is 21.0. The van der Waals surface area contributed by atoms with E-state index in [0.29, 0.717) is 26.6 Å². The number of benzene rings is 2. The van der Waals surface area contributed by atoms with Gasteiger partial charge in [0, 0.05) is 22.2 Å². The van der Waals surface area contributed by atoms with Crippen LogP contribution < -0.4 is 10.2 Å². The van der Waals surface area contributed by atoms with Crippen LogP contribution in [0.1, 0.15) is 35.5 Å². The molecule has 9 heteroatoms. The molecular weight excluding hydrogens is 414 g/mol. The second-order valence-corrected chi connectivity index (χ2v) is 7.81. The molecule has 3 rings (SSSR count). The van der Waals surface area contributed by atoms with Crippen molar-refractivity contribution in [2.45, 2.75) is 26.4 Å². The molecule has 0 spiro atoms. The van der Waals surface area contributed by atoms with Crippen molar-refractivity contribution < 1.29 is 14.5 Å². The molecule has 1 N–H and O–H groups in total. The lowest BCUT2D eigenvalue weighted by atomic mass is 10.2. The molecule has 1 atom stereocenters. The number of nitro benzene ring substituents is 1. The third-order valence-electron chi connectivity index (χ3n) is 4.17. The molecule has 1 aromatic heterocycles. The van der Waals surface area contributed by atoms with Crippen LogP contribution in [0.4, 0.5) is 5.69 Å². The number of fused-ring (bicyclic) bond motifs is 1. The lowest BCUT2D eigenvalue weighted by molar-refractivity contribution is -0.384. The van der Waals surface area contributed by atoms with Crippen LogP contribution >= 0.6 is 22.9 Å². The number of hydrogen-bond donors (Lipinski definition) is 1. The molecule has 0 aliphatic carbocycles. The normalized spacial score (nSPS) is 12.2. The summed E-state index contributed by atoms with van der Waals surface area (Å²) in [6.45, 7) is 3.99. The SMILES string of the molecule is CC[C@@H](C)Oc1ccc(/C=N\NC(=O)c2cc3cc([N+](=O)[O-])ccc3s2)cc1Cl. The van der Waals surface area contributed by atoms with E-state index in [9.17, 15) is 14.9 Å². The number of non-ortho nitro benzene ring substituents is 1. The highest BCUT2D eigenvalue weighted by Crippen LogP contribution is 2.29. The molecule has 150 valence electrons. The molecule has 7 nitrogen and oxygen atoms in total. The summed E-state index contributed by atoms with van der Waals surface area (Å²) >= 11 is 7.47. The Hall–Kier alpha value is -2.97. The van der Waals surface area contributed by atoms with E-state index >= 15 is 0 Å². The highest BCUT2D eigenvalue weighted by atomic mass is 35.5. The van der Waals surface area contributed by atoms with Gasteiger partial charge in [-0.1, -0.05) is 18.5 Å². The van der Waals surface area contributed by atoms with E-state index < -0.39 is 10.8 Å². The zero-order valence-electron chi connectivity index (χ0n) is 15.7. The molecule has 0 saturated carbocycles. The zero-order valence-corrected chi connectivity index (χ0v) is 17.3. The van der Waals surface area contributed by atoms with Crippen LogP contribution in [0.3, 0.4) is 0 Å². The number of nitro groups is 1. The molecule has 3 aromatic rings. The van der Waals surface area contributed by atoms with Gasteiger partial charge in [0.05, 0.1) is 27.1 Å². The van der Waals surface area contributed by atoms with Crippen LogP contribution in [0.5, 0.6) is 5.75 Å². The van der Waals surface area contributed by atoms with E-state index in [4.69, 9.17) is 16.3 Å². The standard InChI is InChI=1S/C20H18ClN3O4S/c1-3-12(2)28-17-6-4-13(8-16(17)21)11-22-23-20(25)19-10-14-9-15(24(26)27)5-7-18(14)29-19/h4-12H,3H2,1-2H3,(H,23,25)/b22-11-/t12-/m1/s1. The largest absolute Gasteiger partial charge is 0.489 e. The number of thiophene rings is 1. The van der Waals surface area contributed by atoms with Crippen molar-refractivity contribution in [3.63, 3.8) is 0 Å². The molecule has 0 aliphatic rings. The number of ether oxygens (including phenoxy) is 1. The number of rotatable bonds is 7. The summed E-state index contributed by atoms with van der Waals surface area (Å²) in [6, 6.07) is 11.3. The van der Waals surface area contributed by atoms with Crippen LogP contribution in [-0.2, 0) is 0 Å². The predicted molar refractivity (Wildman–Crippen MR) is 115 cm³/mol. The van der Waals surface area contributed by atoms with Gasteiger partial charge in [0.25, 0.3) is 11.6 Å². The Morgan fingerprint density at radius 3 is 2.83 bits per heavy atom. The van der Waals surface area contributed by atoms with Crippen molar-refractivity contribution in [3.8, 4) is 5.75 Å². The minimum absolute atomic E-state index is 0.0158. The van der Waals surface area contributed by atoms with E-state index in [2.05, 4.69) is 10.5 Å². The highest BCUT2D eigenvalue weighted by Gasteiger charge is 2.13. The Morgan fingerprint density at radius 2 is 2.14 bits per heavy atom. The van der Waals surface area contributed by atoms with Crippen LogP contribution in [0.25, 0.3) is 10.1 Å². The monoisotopic (exact) mass is 431 g/mol. The van der Waals surface area contributed by atoms with Crippen LogP contribution in [0, 0.1) is 10.1 Å². The maximum atomic E-state index is 12.3. The summed E-state index contributed by atoms with van der Waals surface area (Å²) in [5, 5.41) is 15.9. The first-order chi connectivity index (χ1) is 13.9. The average Bonchev–Trinajstić information content (AvgIpc) is 3.13. The minimum atomic E-state index is -0.467. The summed E-state index contributed by atoms with van der Waals surface area (Å²) < 4.78 is 6.50. The number of carbonyl (C=O) groups excluding carboxylic acids is 1. The number of carbonyl (C=O) groups is 1. The highest BCUT2D eigenvalue weighted by molar-refractivity contribution is 7.20. The van der Waals surface area contributed by atoms with Gasteiger partial charge in [-0.15, -0.1) is 11.3 Å². The lowest BCUT2D eigenvalue weighted by Gasteiger charge is -2.13. The number of hydrogen-bond acceptors (Lipinski definition) is 6. The second-order valence-electron chi connectivity index (χ2n) is 6.32. The van der Waals surface area contributed by atoms with Gasteiger partial charge in [-0.25, -0.2) is 5.43 Å². The first-order valence-electron chi connectivity index (χ1n) is 8.85. The molecule has 0 radical (unpaired) electrons. The van der Waals surface area contributed by atoms with Crippen molar-refractivity contribution in [3.05, 3.63) is 68.0 Å². The van der Waals surface area contributed by atoms with Gasteiger partial charge in [-0.2, -0.15) is 5.10 Å². The van der Waals surface area contributed by atoms with Crippen LogP contribution in [-0.4, -0.2) is 23.1 Å². The molecule has 2 aromatic carbocycles. The van der Waals surface area contributed by atoms with Crippen LogP contribution in [0.2, 0.25) is 5.02 Å². The molecule has 1 amide bonds. The Balaban J connectivity index is 1.67. The molecule has 0 unspecified atom stereocenters. The van der Waals surface area contributed by atoms with Crippen molar-refractivity contribution in [2.75, 3.05) is 0 Å². The quantitative estimate of drug-likeness (QED) is 0.307. The van der Waals surface area contributed by atoms with Crippen molar-refractivity contribution in [1.29, 1.82) is 0 Å². The minimum Gasteiger partial charge on any atom is -0.489 e. The summed E-state index contributed by atoms with van der Waals surface area (Å²) in [5.74, 6) is 0.203. The van der Waals surface area contributed by atoms with Crippen molar-refractivity contribution in [1.82, 2.24) is 5.43 Å². The van der Waals surface area contributed by atoms with E-state index in [1.54, 1.807) is 30.3 Å². The summed E-state index contributed by atoms with van der Waals surface area (Å²) in [4.78, 5) is 23.1. The number of nitrogens with one attached hydrogen (secondary N) is 1. The van der Waals surface area contributed by atoms with Gasteiger partial charge in [-0.05, 0) is 49.2 Å². The molecule has 29 heavy (non-hydrogen) atoms. The number of hydrazone groups is 1. The third-order valence-corrected chi connectivity index (χ3v) is 5.58. The first-order valence-corrected chi connectivity index (χ1v) is 10.0. The van der Waals surface area contributed by atoms with Crippen molar-refractivity contribution >= 4 is 50.8 Å².